The molecule has 0 amide bonds. The van der Waals surface area contributed by atoms with Gasteiger partial charge in [-0.3, -0.25) is 4.98 Å². The normalized spacial score (nSPS) is 22.9. The quantitative estimate of drug-likeness (QED) is 0.824. The van der Waals surface area contributed by atoms with Gasteiger partial charge in [-0.25, -0.2) is 0 Å². The summed E-state index contributed by atoms with van der Waals surface area (Å²) in [6.07, 6.45) is 4.79. The van der Waals surface area contributed by atoms with Crippen LogP contribution in [0.25, 0.3) is 10.9 Å². The van der Waals surface area contributed by atoms with Gasteiger partial charge in [0.2, 0.25) is 0 Å². The molecule has 0 atom stereocenters. The van der Waals surface area contributed by atoms with E-state index in [1.165, 1.54) is 23.9 Å². The molecule has 2 nitrogen and oxygen atoms in total. The minimum Gasteiger partial charge on any atom is -0.384 e. The Morgan fingerprint density at radius 3 is 2.75 bits per heavy atom. The third-order valence-corrected chi connectivity index (χ3v) is 4.64. The van der Waals surface area contributed by atoms with Gasteiger partial charge >= 0.3 is 0 Å². The van der Waals surface area contributed by atoms with Crippen molar-refractivity contribution in [3.63, 3.8) is 0 Å². The van der Waals surface area contributed by atoms with Gasteiger partial charge in [-0.05, 0) is 50.7 Å². The van der Waals surface area contributed by atoms with E-state index in [0.29, 0.717) is 5.38 Å². The molecule has 3 heteroatoms. The fourth-order valence-corrected chi connectivity index (χ4v) is 3.29. The molecule has 2 aromatic rings. The molecule has 3 rings (SSSR count). The van der Waals surface area contributed by atoms with Crippen LogP contribution < -0.4 is 5.32 Å². The molecule has 0 aliphatic heterocycles. The van der Waals surface area contributed by atoms with Crippen LogP contribution in [0, 0.1) is 12.8 Å². The van der Waals surface area contributed by atoms with Crippen LogP contribution in [0.3, 0.4) is 0 Å². The molecule has 106 valence electrons. The monoisotopic (exact) mass is 288 g/mol. The first kappa shape index (κ1) is 13.7. The van der Waals surface area contributed by atoms with Crippen LogP contribution in [0.1, 0.15) is 31.4 Å². The Kier molecular flexibility index (Phi) is 4.11. The SMILES string of the molecule is Cc1cc(NCC2CCC(Cl)CC2)c2ccccc2n1. The Bertz CT molecular complexity index is 589. The first-order valence-electron chi connectivity index (χ1n) is 7.46. The number of nitrogens with zero attached hydrogens (tertiary/aromatic N) is 1. The molecule has 0 saturated heterocycles. The number of anilines is 1. The fraction of sp³-hybridized carbons (Fsp3) is 0.471. The molecule has 20 heavy (non-hydrogen) atoms. The van der Waals surface area contributed by atoms with Gasteiger partial charge in [-0.15, -0.1) is 11.6 Å². The Morgan fingerprint density at radius 2 is 1.95 bits per heavy atom. The molecule has 1 aromatic carbocycles. The highest BCUT2D eigenvalue weighted by Crippen LogP contribution is 2.29. The van der Waals surface area contributed by atoms with E-state index in [0.717, 1.165) is 36.5 Å². The van der Waals surface area contributed by atoms with Crippen LogP contribution in [0.5, 0.6) is 0 Å². The highest BCUT2D eigenvalue weighted by molar-refractivity contribution is 6.20. The second kappa shape index (κ2) is 6.01. The summed E-state index contributed by atoms with van der Waals surface area (Å²) in [5.41, 5.74) is 3.34. The number of benzene rings is 1. The number of para-hydroxylation sites is 1. The second-order valence-corrected chi connectivity index (χ2v) is 6.44. The lowest BCUT2D eigenvalue weighted by molar-refractivity contribution is 0.378. The summed E-state index contributed by atoms with van der Waals surface area (Å²) < 4.78 is 0. The van der Waals surface area contributed by atoms with Gasteiger partial charge in [-0.2, -0.15) is 0 Å². The summed E-state index contributed by atoms with van der Waals surface area (Å²) in [6.45, 7) is 3.09. The predicted molar refractivity (Wildman–Crippen MR) is 86.6 cm³/mol. The van der Waals surface area contributed by atoms with E-state index in [4.69, 9.17) is 11.6 Å². The van der Waals surface area contributed by atoms with Crippen molar-refractivity contribution in [2.45, 2.75) is 38.0 Å². The lowest BCUT2D eigenvalue weighted by Gasteiger charge is -2.25. The van der Waals surface area contributed by atoms with Gasteiger partial charge in [0, 0.05) is 28.7 Å². The summed E-state index contributed by atoms with van der Waals surface area (Å²) in [5, 5.41) is 5.24. The van der Waals surface area contributed by atoms with E-state index in [-0.39, 0.29) is 0 Å². The smallest absolute Gasteiger partial charge is 0.0725 e. The van der Waals surface area contributed by atoms with Gasteiger partial charge in [0.05, 0.1) is 5.52 Å². The number of pyridine rings is 1. The van der Waals surface area contributed by atoms with E-state index in [1.807, 2.05) is 6.07 Å². The van der Waals surface area contributed by atoms with Crippen LogP contribution in [0.4, 0.5) is 5.69 Å². The summed E-state index contributed by atoms with van der Waals surface area (Å²) in [4.78, 5) is 4.58. The number of alkyl halides is 1. The predicted octanol–water partition coefficient (Wildman–Crippen LogP) is 4.75. The summed E-state index contributed by atoms with van der Waals surface area (Å²) >= 11 is 6.17. The van der Waals surface area contributed by atoms with Crippen molar-refractivity contribution in [3.05, 3.63) is 36.0 Å². The van der Waals surface area contributed by atoms with Crippen LogP contribution in [-0.4, -0.2) is 16.9 Å². The van der Waals surface area contributed by atoms with Gasteiger partial charge in [-0.1, -0.05) is 18.2 Å². The number of fused-ring (bicyclic) bond motifs is 1. The van der Waals surface area contributed by atoms with Crippen molar-refractivity contribution < 1.29 is 0 Å². The number of nitrogens with one attached hydrogen (secondary N) is 1. The minimum absolute atomic E-state index is 0.398. The lowest BCUT2D eigenvalue weighted by Crippen LogP contribution is -2.21. The van der Waals surface area contributed by atoms with Gasteiger partial charge in [0.25, 0.3) is 0 Å². The maximum Gasteiger partial charge on any atom is 0.0725 e. The van der Waals surface area contributed by atoms with Crippen molar-refractivity contribution in [1.29, 1.82) is 0 Å². The van der Waals surface area contributed by atoms with Crippen LogP contribution in [0.15, 0.2) is 30.3 Å². The zero-order chi connectivity index (χ0) is 13.9. The summed E-state index contributed by atoms with van der Waals surface area (Å²) in [5.74, 6) is 0.747. The Labute approximate surface area is 125 Å². The standard InChI is InChI=1S/C17H21ClN2/c1-12-10-17(15-4-2-3-5-16(15)20-12)19-11-13-6-8-14(18)9-7-13/h2-5,10,13-14H,6-9,11H2,1H3,(H,19,20). The number of rotatable bonds is 3. The van der Waals surface area contributed by atoms with E-state index in [9.17, 15) is 0 Å². The fourth-order valence-electron chi connectivity index (χ4n) is 3.03. The topological polar surface area (TPSA) is 24.9 Å². The average molecular weight is 289 g/mol. The third-order valence-electron chi connectivity index (χ3n) is 4.20. The highest BCUT2D eigenvalue weighted by atomic mass is 35.5. The van der Waals surface area contributed by atoms with Gasteiger partial charge < -0.3 is 5.32 Å². The molecule has 1 aromatic heterocycles. The van der Waals surface area contributed by atoms with Crippen LogP contribution >= 0.6 is 11.6 Å². The third kappa shape index (κ3) is 3.06. The van der Waals surface area contributed by atoms with E-state index < -0.39 is 0 Å². The average Bonchev–Trinajstić information content (AvgIpc) is 2.46. The van der Waals surface area contributed by atoms with Crippen molar-refractivity contribution in [2.75, 3.05) is 11.9 Å². The number of hydrogen-bond donors (Lipinski definition) is 1. The molecule has 1 saturated carbocycles. The lowest BCUT2D eigenvalue weighted by atomic mass is 9.89. The molecule has 0 radical (unpaired) electrons. The molecule has 0 spiro atoms. The first-order valence-corrected chi connectivity index (χ1v) is 7.90. The van der Waals surface area contributed by atoms with Crippen molar-refractivity contribution in [2.24, 2.45) is 5.92 Å². The molecule has 1 fully saturated rings. The molecule has 1 aliphatic carbocycles. The molecular formula is C17H21ClN2. The second-order valence-electron chi connectivity index (χ2n) is 5.83. The van der Waals surface area contributed by atoms with E-state index in [1.54, 1.807) is 0 Å². The molecular weight excluding hydrogens is 268 g/mol. The zero-order valence-electron chi connectivity index (χ0n) is 11.9. The largest absolute Gasteiger partial charge is 0.384 e. The summed E-state index contributed by atoms with van der Waals surface area (Å²) in [7, 11) is 0. The maximum absolute atomic E-state index is 6.17. The minimum atomic E-state index is 0.398. The number of aryl methyl sites for hydroxylation is 1. The Morgan fingerprint density at radius 1 is 1.20 bits per heavy atom. The first-order chi connectivity index (χ1) is 9.72. The van der Waals surface area contributed by atoms with Crippen LogP contribution in [0.2, 0.25) is 0 Å². The van der Waals surface area contributed by atoms with Crippen molar-refractivity contribution >= 4 is 28.2 Å². The Balaban J connectivity index is 1.74. The zero-order valence-corrected chi connectivity index (χ0v) is 12.7. The number of hydrogen-bond acceptors (Lipinski definition) is 2. The van der Waals surface area contributed by atoms with Gasteiger partial charge in [0.1, 0.15) is 0 Å². The Hall–Kier alpha value is -1.28. The molecule has 0 bridgehead atoms. The maximum atomic E-state index is 6.17. The molecule has 1 aliphatic rings. The van der Waals surface area contributed by atoms with Crippen LogP contribution in [-0.2, 0) is 0 Å². The van der Waals surface area contributed by atoms with Gasteiger partial charge in [0.15, 0.2) is 0 Å². The number of halogens is 1. The molecule has 0 unspecified atom stereocenters. The molecule has 1 N–H and O–H groups in total. The van der Waals surface area contributed by atoms with E-state index in [2.05, 4.69) is 41.5 Å². The van der Waals surface area contributed by atoms with E-state index >= 15 is 0 Å². The van der Waals surface area contributed by atoms with Crippen molar-refractivity contribution in [3.8, 4) is 0 Å². The highest BCUT2D eigenvalue weighted by Gasteiger charge is 2.19. The molecule has 1 heterocycles. The summed E-state index contributed by atoms with van der Waals surface area (Å²) in [6, 6.07) is 10.5. The number of aromatic nitrogens is 1. The van der Waals surface area contributed by atoms with Crippen molar-refractivity contribution in [1.82, 2.24) is 4.98 Å².